The van der Waals surface area contributed by atoms with E-state index in [1.165, 1.54) is 0 Å². The number of ketones is 2. The molecule has 27 heavy (non-hydrogen) atoms. The lowest BCUT2D eigenvalue weighted by Crippen LogP contribution is -2.25. The van der Waals surface area contributed by atoms with E-state index in [0.29, 0.717) is 6.07 Å². The molecule has 1 aliphatic carbocycles. The van der Waals surface area contributed by atoms with Crippen LogP contribution >= 0.6 is 0 Å². The van der Waals surface area contributed by atoms with Gasteiger partial charge in [-0.05, 0) is 6.07 Å². The van der Waals surface area contributed by atoms with Crippen molar-refractivity contribution in [1.29, 1.82) is 0 Å². The van der Waals surface area contributed by atoms with Gasteiger partial charge >= 0.3 is 0 Å². The second-order valence-electron chi connectivity index (χ2n) is 5.43. The number of hydrogen-bond donors (Lipinski definition) is 2. The van der Waals surface area contributed by atoms with E-state index in [1.807, 2.05) is 0 Å². The van der Waals surface area contributed by atoms with Crippen molar-refractivity contribution in [3.8, 4) is 0 Å². The van der Waals surface area contributed by atoms with E-state index in [4.69, 9.17) is 5.73 Å². The lowest BCUT2D eigenvalue weighted by Gasteiger charge is -2.19. The van der Waals surface area contributed by atoms with Crippen LogP contribution in [0.5, 0.6) is 0 Å². The van der Waals surface area contributed by atoms with E-state index >= 15 is 0 Å². The number of non-ortho nitro benzene ring substituents is 1. The second-order valence-corrected chi connectivity index (χ2v) is 6.82. The predicted octanol–water partition coefficient (Wildman–Crippen LogP) is 1.11. The quantitative estimate of drug-likeness (QED) is 0.281. The number of anilines is 1. The zero-order valence-corrected chi connectivity index (χ0v) is 13.7. The molecule has 0 aromatic heterocycles. The van der Waals surface area contributed by atoms with E-state index in [9.17, 15) is 42.8 Å². The van der Waals surface area contributed by atoms with Crippen LogP contribution < -0.4 is 5.73 Å². The summed E-state index contributed by atoms with van der Waals surface area (Å²) in [5.41, 5.74) is 0.794. The van der Waals surface area contributed by atoms with E-state index < -0.39 is 70.2 Å². The molecule has 12 nitrogen and oxygen atoms in total. The third-order valence-corrected chi connectivity index (χ3v) is 4.83. The summed E-state index contributed by atoms with van der Waals surface area (Å²) >= 11 is 0. The molecule has 0 amide bonds. The Morgan fingerprint density at radius 3 is 2.04 bits per heavy atom. The largest absolute Gasteiger partial charge is 0.397 e. The highest BCUT2D eigenvalue weighted by molar-refractivity contribution is 7.86. The zero-order chi connectivity index (χ0) is 20.3. The Kier molecular flexibility index (Phi) is 3.79. The number of nitro groups is 2. The molecule has 2 aromatic rings. The molecule has 0 unspecified atom stereocenters. The number of nitrogens with zero attached hydrogens (tertiary/aromatic N) is 2. The predicted molar refractivity (Wildman–Crippen MR) is 87.3 cm³/mol. The lowest BCUT2D eigenvalue weighted by molar-refractivity contribution is -0.385. The number of carbonyl (C=O) groups excluding carboxylic acids is 2. The Hall–Kier alpha value is -3.71. The Morgan fingerprint density at radius 2 is 1.52 bits per heavy atom. The van der Waals surface area contributed by atoms with Crippen molar-refractivity contribution in [2.75, 3.05) is 5.73 Å². The zero-order valence-electron chi connectivity index (χ0n) is 12.9. The SMILES string of the molecule is Nc1c(S(=O)(=O)O)cc([N+](=O)[O-])c2c1C(=O)c1cc([N+](=O)[O-])ccc1C2=O. The highest BCUT2D eigenvalue weighted by Gasteiger charge is 2.40. The van der Waals surface area contributed by atoms with Crippen molar-refractivity contribution in [2.24, 2.45) is 0 Å². The molecule has 13 heteroatoms. The molecule has 0 saturated carbocycles. The van der Waals surface area contributed by atoms with Crippen LogP contribution in [0.15, 0.2) is 29.2 Å². The van der Waals surface area contributed by atoms with Gasteiger partial charge in [0.05, 0.1) is 21.1 Å². The fourth-order valence-corrected chi connectivity index (χ4v) is 3.42. The van der Waals surface area contributed by atoms with Crippen LogP contribution in [-0.4, -0.2) is 34.4 Å². The molecular weight excluding hydrogens is 386 g/mol. The molecule has 138 valence electrons. The van der Waals surface area contributed by atoms with Gasteiger partial charge in [0, 0.05) is 29.3 Å². The summed E-state index contributed by atoms with van der Waals surface area (Å²) in [5, 5.41) is 22.2. The number of carbonyl (C=O) groups is 2. The van der Waals surface area contributed by atoms with Gasteiger partial charge in [-0.15, -0.1) is 0 Å². The Morgan fingerprint density at radius 1 is 0.926 bits per heavy atom. The van der Waals surface area contributed by atoms with E-state index in [2.05, 4.69) is 0 Å². The number of nitro benzene ring substituents is 2. The normalized spacial score (nSPS) is 13.1. The van der Waals surface area contributed by atoms with Crippen LogP contribution in [0.1, 0.15) is 31.8 Å². The molecule has 2 aromatic carbocycles. The van der Waals surface area contributed by atoms with Crippen molar-refractivity contribution in [1.82, 2.24) is 0 Å². The van der Waals surface area contributed by atoms with Crippen LogP contribution in [0.4, 0.5) is 17.1 Å². The maximum Gasteiger partial charge on any atom is 0.296 e. The molecule has 3 N–H and O–H groups in total. The summed E-state index contributed by atoms with van der Waals surface area (Å²) in [6.45, 7) is 0. The molecule has 0 fully saturated rings. The molecule has 0 radical (unpaired) electrons. The standard InChI is InChI=1S/C14H7N3O9S/c15-12-9(27(24,25)26)4-8(17(22)23)10-11(12)14(19)7-3-5(16(20)21)1-2-6(7)13(10)18/h1-4H,15H2,(H,24,25,26). The van der Waals surface area contributed by atoms with Gasteiger partial charge in [0.1, 0.15) is 10.5 Å². The van der Waals surface area contributed by atoms with Crippen LogP contribution in [-0.2, 0) is 10.1 Å². The minimum absolute atomic E-state index is 0.333. The van der Waals surface area contributed by atoms with E-state index in [1.54, 1.807) is 0 Å². The molecule has 1 aliphatic rings. The van der Waals surface area contributed by atoms with Crippen LogP contribution in [0.2, 0.25) is 0 Å². The van der Waals surface area contributed by atoms with Crippen molar-refractivity contribution in [3.05, 3.63) is 66.7 Å². The monoisotopic (exact) mass is 393 g/mol. The Bertz CT molecular complexity index is 1200. The third kappa shape index (κ3) is 2.61. The summed E-state index contributed by atoms with van der Waals surface area (Å²) in [6, 6.07) is 3.07. The average Bonchev–Trinajstić information content (AvgIpc) is 2.57. The first-order valence-corrected chi connectivity index (χ1v) is 8.35. The summed E-state index contributed by atoms with van der Waals surface area (Å²) < 4.78 is 32.1. The minimum atomic E-state index is -5.06. The molecule has 0 atom stereocenters. The summed E-state index contributed by atoms with van der Waals surface area (Å²) in [6.07, 6.45) is 0. The molecule has 0 saturated heterocycles. The number of hydrogen-bond acceptors (Lipinski definition) is 9. The van der Waals surface area contributed by atoms with Gasteiger partial charge in [0.2, 0.25) is 5.78 Å². The topological polar surface area (TPSA) is 201 Å². The molecule has 0 bridgehead atoms. The summed E-state index contributed by atoms with van der Waals surface area (Å²) in [5.74, 6) is -2.15. The number of rotatable bonds is 3. The number of fused-ring (bicyclic) bond motifs is 2. The molecular formula is C14H7N3O9S. The molecule has 0 heterocycles. The maximum absolute atomic E-state index is 12.7. The summed E-state index contributed by atoms with van der Waals surface area (Å²) in [4.78, 5) is 44.6. The molecule has 3 rings (SSSR count). The fraction of sp³-hybridized carbons (Fsp3) is 0. The van der Waals surface area contributed by atoms with Gasteiger partial charge in [-0.25, -0.2) is 0 Å². The van der Waals surface area contributed by atoms with Crippen molar-refractivity contribution >= 4 is 38.7 Å². The maximum atomic E-state index is 12.7. The highest BCUT2D eigenvalue weighted by atomic mass is 32.2. The highest BCUT2D eigenvalue weighted by Crippen LogP contribution is 2.40. The third-order valence-electron chi connectivity index (χ3n) is 3.94. The number of nitrogens with two attached hydrogens (primary N) is 1. The number of nitrogen functional groups attached to an aromatic ring is 1. The van der Waals surface area contributed by atoms with E-state index in [-0.39, 0.29) is 5.56 Å². The van der Waals surface area contributed by atoms with Crippen molar-refractivity contribution in [3.63, 3.8) is 0 Å². The van der Waals surface area contributed by atoms with Crippen molar-refractivity contribution in [2.45, 2.75) is 4.90 Å². The number of benzene rings is 2. The molecule has 0 aliphatic heterocycles. The van der Waals surface area contributed by atoms with Crippen LogP contribution in [0, 0.1) is 20.2 Å². The van der Waals surface area contributed by atoms with Gasteiger partial charge in [-0.1, -0.05) is 0 Å². The van der Waals surface area contributed by atoms with Crippen molar-refractivity contribution < 1.29 is 32.4 Å². The first-order valence-electron chi connectivity index (χ1n) is 6.91. The van der Waals surface area contributed by atoms with Gasteiger partial charge in [0.15, 0.2) is 5.78 Å². The molecule has 0 spiro atoms. The van der Waals surface area contributed by atoms with Crippen LogP contribution in [0.25, 0.3) is 0 Å². The smallest absolute Gasteiger partial charge is 0.296 e. The van der Waals surface area contributed by atoms with E-state index in [0.717, 1.165) is 18.2 Å². The van der Waals surface area contributed by atoms with Crippen LogP contribution in [0.3, 0.4) is 0 Å². The van der Waals surface area contributed by atoms with Gasteiger partial charge < -0.3 is 5.73 Å². The van der Waals surface area contributed by atoms with Gasteiger partial charge in [-0.3, -0.25) is 34.4 Å². The summed E-state index contributed by atoms with van der Waals surface area (Å²) in [7, 11) is -5.06. The average molecular weight is 393 g/mol. The first kappa shape index (κ1) is 18.1. The first-order chi connectivity index (χ1) is 12.4. The second kappa shape index (κ2) is 5.65. The van der Waals surface area contributed by atoms with Gasteiger partial charge in [0.25, 0.3) is 21.5 Å². The van der Waals surface area contributed by atoms with Gasteiger partial charge in [-0.2, -0.15) is 8.42 Å². The lowest BCUT2D eigenvalue weighted by atomic mass is 9.82. The fourth-order valence-electron chi connectivity index (χ4n) is 2.78. The Balaban J connectivity index is 2.45. The Labute approximate surface area is 149 Å². The minimum Gasteiger partial charge on any atom is -0.397 e.